The molecule has 1 unspecified atom stereocenters. The van der Waals surface area contributed by atoms with Gasteiger partial charge >= 0.3 is 0 Å². The normalized spacial score (nSPS) is 19.9. The van der Waals surface area contributed by atoms with Crippen molar-refractivity contribution < 1.29 is 0 Å². The summed E-state index contributed by atoms with van der Waals surface area (Å²) in [6.07, 6.45) is 3.45. The van der Waals surface area contributed by atoms with E-state index in [1.807, 2.05) is 0 Å². The maximum atomic E-state index is 6.35. The lowest BCUT2D eigenvalue weighted by Gasteiger charge is -2.20. The van der Waals surface area contributed by atoms with Gasteiger partial charge in [-0.3, -0.25) is 0 Å². The molecular weight excluding hydrogens is 232 g/mol. The number of halogens is 1. The maximum Gasteiger partial charge on any atom is 0.0642 e. The summed E-state index contributed by atoms with van der Waals surface area (Å²) in [6, 6.07) is 6.35. The van der Waals surface area contributed by atoms with Crippen molar-refractivity contribution in [2.75, 3.05) is 24.5 Å². The van der Waals surface area contributed by atoms with Crippen molar-refractivity contribution in [1.29, 1.82) is 0 Å². The van der Waals surface area contributed by atoms with Crippen LogP contribution < -0.4 is 10.6 Å². The van der Waals surface area contributed by atoms with Gasteiger partial charge in [-0.05, 0) is 43.0 Å². The van der Waals surface area contributed by atoms with Crippen LogP contribution in [0.2, 0.25) is 5.02 Å². The second-order valence-corrected chi connectivity index (χ2v) is 5.24. The van der Waals surface area contributed by atoms with Gasteiger partial charge in [0.1, 0.15) is 0 Å². The van der Waals surface area contributed by atoms with E-state index in [1.165, 1.54) is 24.1 Å². The standard InChI is InChI=1S/C14H21ClN2/c1-2-11-6-8-17(10-11)14-4-3-12(5-7-16)9-13(14)15/h3-4,9,11H,2,5-8,10,16H2,1H3. The topological polar surface area (TPSA) is 29.3 Å². The summed E-state index contributed by atoms with van der Waals surface area (Å²) in [5.41, 5.74) is 7.97. The van der Waals surface area contributed by atoms with E-state index in [4.69, 9.17) is 17.3 Å². The lowest BCUT2D eigenvalue weighted by atomic mass is 10.1. The van der Waals surface area contributed by atoms with Crippen LogP contribution in [0.4, 0.5) is 5.69 Å². The van der Waals surface area contributed by atoms with Gasteiger partial charge in [0.25, 0.3) is 0 Å². The summed E-state index contributed by atoms with van der Waals surface area (Å²) in [6.45, 7) is 5.22. The highest BCUT2D eigenvalue weighted by Crippen LogP contribution is 2.32. The van der Waals surface area contributed by atoms with Gasteiger partial charge in [0.2, 0.25) is 0 Å². The van der Waals surface area contributed by atoms with Gasteiger partial charge in [-0.15, -0.1) is 0 Å². The smallest absolute Gasteiger partial charge is 0.0642 e. The molecule has 1 atom stereocenters. The van der Waals surface area contributed by atoms with Crippen LogP contribution in [-0.4, -0.2) is 19.6 Å². The highest BCUT2D eigenvalue weighted by Gasteiger charge is 2.22. The van der Waals surface area contributed by atoms with E-state index in [9.17, 15) is 0 Å². The minimum absolute atomic E-state index is 0.678. The van der Waals surface area contributed by atoms with Crippen molar-refractivity contribution in [2.45, 2.75) is 26.2 Å². The minimum atomic E-state index is 0.678. The fraction of sp³-hybridized carbons (Fsp3) is 0.571. The van der Waals surface area contributed by atoms with Crippen LogP contribution in [0.15, 0.2) is 18.2 Å². The van der Waals surface area contributed by atoms with E-state index in [0.717, 1.165) is 30.5 Å². The summed E-state index contributed by atoms with van der Waals surface area (Å²) < 4.78 is 0. The van der Waals surface area contributed by atoms with Crippen LogP contribution in [-0.2, 0) is 6.42 Å². The molecule has 0 aromatic heterocycles. The maximum absolute atomic E-state index is 6.35. The van der Waals surface area contributed by atoms with Gasteiger partial charge in [0.15, 0.2) is 0 Å². The van der Waals surface area contributed by atoms with Crippen LogP contribution in [0.1, 0.15) is 25.3 Å². The number of anilines is 1. The van der Waals surface area contributed by atoms with Crippen molar-refractivity contribution in [1.82, 2.24) is 0 Å². The Morgan fingerprint density at radius 1 is 1.47 bits per heavy atom. The molecule has 2 nitrogen and oxygen atoms in total. The van der Waals surface area contributed by atoms with Crippen LogP contribution in [0, 0.1) is 5.92 Å². The second-order valence-electron chi connectivity index (χ2n) is 4.83. The van der Waals surface area contributed by atoms with Gasteiger partial charge in [-0.2, -0.15) is 0 Å². The Morgan fingerprint density at radius 2 is 2.29 bits per heavy atom. The largest absolute Gasteiger partial charge is 0.370 e. The molecule has 94 valence electrons. The third-order valence-electron chi connectivity index (χ3n) is 3.65. The van der Waals surface area contributed by atoms with Gasteiger partial charge in [0, 0.05) is 13.1 Å². The van der Waals surface area contributed by atoms with Crippen molar-refractivity contribution in [2.24, 2.45) is 11.7 Å². The number of rotatable bonds is 4. The zero-order valence-electron chi connectivity index (χ0n) is 10.5. The zero-order valence-corrected chi connectivity index (χ0v) is 11.2. The lowest BCUT2D eigenvalue weighted by molar-refractivity contribution is 0.569. The third kappa shape index (κ3) is 2.93. The van der Waals surface area contributed by atoms with Crippen LogP contribution in [0.3, 0.4) is 0 Å². The number of benzene rings is 1. The number of nitrogens with two attached hydrogens (primary N) is 1. The quantitative estimate of drug-likeness (QED) is 0.893. The number of hydrogen-bond donors (Lipinski definition) is 1. The monoisotopic (exact) mass is 252 g/mol. The van der Waals surface area contributed by atoms with E-state index in [0.29, 0.717) is 6.54 Å². The molecule has 1 aromatic rings. The molecule has 0 saturated carbocycles. The summed E-state index contributed by atoms with van der Waals surface area (Å²) in [4.78, 5) is 2.41. The minimum Gasteiger partial charge on any atom is -0.370 e. The molecule has 1 aromatic carbocycles. The number of nitrogens with zero attached hydrogens (tertiary/aromatic N) is 1. The van der Waals surface area contributed by atoms with Crippen LogP contribution >= 0.6 is 11.6 Å². The first-order valence-corrected chi connectivity index (χ1v) is 6.85. The fourth-order valence-electron chi connectivity index (χ4n) is 2.51. The molecule has 1 saturated heterocycles. The highest BCUT2D eigenvalue weighted by molar-refractivity contribution is 6.33. The zero-order chi connectivity index (χ0) is 12.3. The van der Waals surface area contributed by atoms with Crippen molar-refractivity contribution in [3.05, 3.63) is 28.8 Å². The van der Waals surface area contributed by atoms with E-state index >= 15 is 0 Å². The van der Waals surface area contributed by atoms with Crippen molar-refractivity contribution in [3.8, 4) is 0 Å². The molecule has 3 heteroatoms. The molecule has 2 N–H and O–H groups in total. The van der Waals surface area contributed by atoms with Gasteiger partial charge in [0.05, 0.1) is 10.7 Å². The van der Waals surface area contributed by atoms with E-state index in [2.05, 4.69) is 30.0 Å². The Kier molecular flexibility index (Phi) is 4.30. The number of hydrogen-bond acceptors (Lipinski definition) is 2. The molecule has 0 radical (unpaired) electrons. The molecule has 0 amide bonds. The first kappa shape index (κ1) is 12.7. The van der Waals surface area contributed by atoms with E-state index < -0.39 is 0 Å². The van der Waals surface area contributed by atoms with Crippen LogP contribution in [0.5, 0.6) is 0 Å². The second kappa shape index (κ2) is 5.74. The van der Waals surface area contributed by atoms with E-state index in [-0.39, 0.29) is 0 Å². The Balaban J connectivity index is 2.11. The molecule has 1 heterocycles. The highest BCUT2D eigenvalue weighted by atomic mass is 35.5. The molecule has 1 aliphatic heterocycles. The first-order valence-electron chi connectivity index (χ1n) is 6.48. The lowest BCUT2D eigenvalue weighted by Crippen LogP contribution is -2.19. The molecule has 2 rings (SSSR count). The Bertz CT molecular complexity index is 378. The fourth-order valence-corrected chi connectivity index (χ4v) is 2.84. The van der Waals surface area contributed by atoms with Gasteiger partial charge in [-0.1, -0.05) is 31.0 Å². The molecular formula is C14H21ClN2. The molecule has 1 fully saturated rings. The SMILES string of the molecule is CCC1CCN(c2ccc(CCN)cc2Cl)C1. The third-order valence-corrected chi connectivity index (χ3v) is 3.95. The van der Waals surface area contributed by atoms with Crippen LogP contribution in [0.25, 0.3) is 0 Å². The van der Waals surface area contributed by atoms with Crippen molar-refractivity contribution >= 4 is 17.3 Å². The Morgan fingerprint density at radius 3 is 2.88 bits per heavy atom. The van der Waals surface area contributed by atoms with E-state index in [1.54, 1.807) is 0 Å². The first-order chi connectivity index (χ1) is 8.24. The van der Waals surface area contributed by atoms with Crippen molar-refractivity contribution in [3.63, 3.8) is 0 Å². The average Bonchev–Trinajstić information content (AvgIpc) is 2.78. The molecule has 0 aliphatic carbocycles. The summed E-state index contributed by atoms with van der Waals surface area (Å²) in [5, 5.41) is 0.868. The average molecular weight is 253 g/mol. The predicted molar refractivity (Wildman–Crippen MR) is 74.8 cm³/mol. The predicted octanol–water partition coefficient (Wildman–Crippen LogP) is 3.08. The summed E-state index contributed by atoms with van der Waals surface area (Å²) >= 11 is 6.35. The Labute approximate surface area is 109 Å². The van der Waals surface area contributed by atoms with Gasteiger partial charge in [-0.25, -0.2) is 0 Å². The summed E-state index contributed by atoms with van der Waals surface area (Å²) in [7, 11) is 0. The molecule has 0 bridgehead atoms. The summed E-state index contributed by atoms with van der Waals surface area (Å²) in [5.74, 6) is 0.829. The molecule has 0 spiro atoms. The molecule has 17 heavy (non-hydrogen) atoms. The molecule has 1 aliphatic rings. The Hall–Kier alpha value is -0.730. The van der Waals surface area contributed by atoms with Gasteiger partial charge < -0.3 is 10.6 Å².